The molecule has 2 aromatic carbocycles. The predicted molar refractivity (Wildman–Crippen MR) is 114 cm³/mol. The van der Waals surface area contributed by atoms with Gasteiger partial charge in [-0.3, -0.25) is 4.72 Å². The van der Waals surface area contributed by atoms with Crippen molar-refractivity contribution in [2.75, 3.05) is 4.72 Å². The van der Waals surface area contributed by atoms with E-state index in [1.165, 1.54) is 17.5 Å². The van der Waals surface area contributed by atoms with Gasteiger partial charge in [0.2, 0.25) is 0 Å². The van der Waals surface area contributed by atoms with Crippen LogP contribution in [0.2, 0.25) is 5.02 Å². The van der Waals surface area contributed by atoms with Crippen molar-refractivity contribution in [2.24, 2.45) is 0 Å². The van der Waals surface area contributed by atoms with Crippen molar-refractivity contribution in [3.05, 3.63) is 82.8 Å². The van der Waals surface area contributed by atoms with E-state index >= 15 is 0 Å². The van der Waals surface area contributed by atoms with Crippen LogP contribution in [0, 0.1) is 6.92 Å². The lowest BCUT2D eigenvalue weighted by atomic mass is 10.2. The van der Waals surface area contributed by atoms with Gasteiger partial charge in [-0.25, -0.2) is 13.1 Å². The highest BCUT2D eigenvalue weighted by Crippen LogP contribution is 2.32. The largest absolute Gasteiger partial charge is 0.279 e. The van der Waals surface area contributed by atoms with Gasteiger partial charge in [0.05, 0.1) is 22.4 Å². The summed E-state index contributed by atoms with van der Waals surface area (Å²) in [6, 6.07) is 18.2. The summed E-state index contributed by atoms with van der Waals surface area (Å²) in [6.07, 6.45) is 1.53. The van der Waals surface area contributed by atoms with Gasteiger partial charge < -0.3 is 0 Å². The first-order valence-electron chi connectivity index (χ1n) is 8.42. The average Bonchev–Trinajstić information content (AvgIpc) is 3.35. The molecular weight excluding hydrogens is 414 g/mol. The quantitative estimate of drug-likeness (QED) is 0.464. The van der Waals surface area contributed by atoms with E-state index in [9.17, 15) is 8.42 Å². The number of halogens is 1. The Morgan fingerprint density at radius 3 is 2.57 bits per heavy atom. The molecule has 8 heteroatoms. The molecule has 0 fully saturated rings. The second-order valence-corrected chi connectivity index (χ2v) is 9.20. The molecule has 0 aliphatic heterocycles. The maximum Gasteiger partial charge on any atom is 0.265 e. The van der Waals surface area contributed by atoms with Gasteiger partial charge in [0.1, 0.15) is 10.6 Å². The monoisotopic (exact) mass is 429 g/mol. The Balaban J connectivity index is 1.83. The number of para-hydroxylation sites is 1. The van der Waals surface area contributed by atoms with Crippen LogP contribution in [0.4, 0.5) is 5.69 Å². The zero-order valence-electron chi connectivity index (χ0n) is 14.8. The molecule has 4 rings (SSSR count). The normalized spacial score (nSPS) is 11.5. The maximum absolute atomic E-state index is 13.2. The number of aryl methyl sites for hydroxylation is 1. The van der Waals surface area contributed by atoms with Crippen molar-refractivity contribution in [1.29, 1.82) is 0 Å². The Morgan fingerprint density at radius 1 is 1.07 bits per heavy atom. The number of thiophene rings is 1. The minimum atomic E-state index is -3.88. The number of rotatable bonds is 5. The van der Waals surface area contributed by atoms with E-state index in [1.807, 2.05) is 54.8 Å². The third-order valence-electron chi connectivity index (χ3n) is 4.19. The van der Waals surface area contributed by atoms with Crippen molar-refractivity contribution in [1.82, 2.24) is 9.78 Å². The summed E-state index contributed by atoms with van der Waals surface area (Å²) in [5.74, 6) is 0. The molecule has 0 radical (unpaired) electrons. The third-order valence-corrected chi connectivity index (χ3v) is 6.67. The van der Waals surface area contributed by atoms with Crippen LogP contribution in [0.5, 0.6) is 0 Å². The van der Waals surface area contributed by atoms with Crippen molar-refractivity contribution in [3.8, 4) is 16.3 Å². The number of benzene rings is 2. The highest BCUT2D eigenvalue weighted by atomic mass is 35.5. The first-order chi connectivity index (χ1) is 13.4. The van der Waals surface area contributed by atoms with E-state index in [0.29, 0.717) is 16.4 Å². The lowest BCUT2D eigenvalue weighted by molar-refractivity contribution is 0.601. The smallest absolute Gasteiger partial charge is 0.265 e. The van der Waals surface area contributed by atoms with Gasteiger partial charge in [-0.15, -0.1) is 11.3 Å². The second-order valence-electron chi connectivity index (χ2n) is 6.16. The van der Waals surface area contributed by atoms with Crippen LogP contribution in [-0.4, -0.2) is 18.2 Å². The Bertz CT molecular complexity index is 1220. The number of nitrogens with zero attached hydrogens (tertiary/aromatic N) is 2. The highest BCUT2D eigenvalue weighted by Gasteiger charge is 2.25. The molecule has 1 N–H and O–H groups in total. The van der Waals surface area contributed by atoms with Gasteiger partial charge in [0.15, 0.2) is 0 Å². The van der Waals surface area contributed by atoms with Crippen LogP contribution in [0.15, 0.2) is 77.1 Å². The van der Waals surface area contributed by atoms with Crippen molar-refractivity contribution in [2.45, 2.75) is 11.8 Å². The molecule has 0 aliphatic carbocycles. The molecule has 0 atom stereocenters. The number of hydrogen-bond donors (Lipinski definition) is 1. The number of aromatic nitrogens is 2. The molecule has 4 aromatic rings. The van der Waals surface area contributed by atoms with Crippen LogP contribution < -0.4 is 4.72 Å². The van der Waals surface area contributed by atoms with E-state index in [2.05, 4.69) is 9.82 Å². The first kappa shape index (κ1) is 18.7. The molecule has 0 unspecified atom stereocenters. The molecule has 0 aliphatic rings. The Hall–Kier alpha value is -2.61. The molecule has 142 valence electrons. The summed E-state index contributed by atoms with van der Waals surface area (Å²) in [5.41, 5.74) is 2.41. The van der Waals surface area contributed by atoms with Crippen molar-refractivity contribution >= 4 is 38.6 Å². The van der Waals surface area contributed by atoms with Crippen LogP contribution in [0.25, 0.3) is 16.3 Å². The first-order valence-corrected chi connectivity index (χ1v) is 11.2. The third kappa shape index (κ3) is 3.69. The number of nitrogens with one attached hydrogen (secondary N) is 1. The average molecular weight is 430 g/mol. The van der Waals surface area contributed by atoms with E-state index in [0.717, 1.165) is 16.1 Å². The molecule has 0 spiro atoms. The van der Waals surface area contributed by atoms with Crippen LogP contribution >= 0.6 is 22.9 Å². The molecule has 0 saturated heterocycles. The van der Waals surface area contributed by atoms with Gasteiger partial charge >= 0.3 is 0 Å². The van der Waals surface area contributed by atoms with E-state index in [1.54, 1.807) is 22.9 Å². The minimum absolute atomic E-state index is 0.109. The van der Waals surface area contributed by atoms with E-state index in [4.69, 9.17) is 11.6 Å². The summed E-state index contributed by atoms with van der Waals surface area (Å²) in [5, 5.41) is 6.90. The summed E-state index contributed by atoms with van der Waals surface area (Å²) >= 11 is 7.48. The topological polar surface area (TPSA) is 64.0 Å². The fourth-order valence-corrected chi connectivity index (χ4v) is 4.98. The summed E-state index contributed by atoms with van der Waals surface area (Å²) in [7, 11) is -3.88. The lowest BCUT2D eigenvalue weighted by Gasteiger charge is -2.10. The van der Waals surface area contributed by atoms with Gasteiger partial charge in [-0.2, -0.15) is 5.10 Å². The van der Waals surface area contributed by atoms with Crippen LogP contribution in [0.1, 0.15) is 5.56 Å². The zero-order valence-corrected chi connectivity index (χ0v) is 17.2. The van der Waals surface area contributed by atoms with Crippen molar-refractivity contribution < 1.29 is 8.42 Å². The fourth-order valence-electron chi connectivity index (χ4n) is 2.76. The van der Waals surface area contributed by atoms with Gasteiger partial charge in [-0.1, -0.05) is 41.9 Å². The minimum Gasteiger partial charge on any atom is -0.279 e. The molecular formula is C20H16ClN3O2S2. The SMILES string of the molecule is Cc1ccc(Cl)cc1NS(=O)(=O)c1cn(-c2ccccc2)nc1-c1cccs1. The van der Waals surface area contributed by atoms with Gasteiger partial charge in [0, 0.05) is 5.02 Å². The Morgan fingerprint density at radius 2 is 1.86 bits per heavy atom. The predicted octanol–water partition coefficient (Wildman–Crippen LogP) is 5.36. The molecule has 0 saturated carbocycles. The van der Waals surface area contributed by atoms with Gasteiger partial charge in [0.25, 0.3) is 10.0 Å². The highest BCUT2D eigenvalue weighted by molar-refractivity contribution is 7.92. The molecule has 2 aromatic heterocycles. The second kappa shape index (κ2) is 7.43. The summed E-state index contributed by atoms with van der Waals surface area (Å²) in [4.78, 5) is 0.885. The number of anilines is 1. The number of hydrogen-bond acceptors (Lipinski definition) is 4. The summed E-state index contributed by atoms with van der Waals surface area (Å²) in [6.45, 7) is 1.82. The van der Waals surface area contributed by atoms with Crippen molar-refractivity contribution in [3.63, 3.8) is 0 Å². The Labute approximate surface area is 172 Å². The summed E-state index contributed by atoms with van der Waals surface area (Å²) < 4.78 is 30.7. The van der Waals surface area contributed by atoms with Gasteiger partial charge in [-0.05, 0) is 48.2 Å². The van der Waals surface area contributed by atoms with E-state index < -0.39 is 10.0 Å². The van der Waals surface area contributed by atoms with Crippen LogP contribution in [-0.2, 0) is 10.0 Å². The maximum atomic E-state index is 13.2. The molecule has 2 heterocycles. The van der Waals surface area contributed by atoms with E-state index in [-0.39, 0.29) is 4.90 Å². The molecule has 0 amide bonds. The standard InChI is InChI=1S/C20H16ClN3O2S2/c1-14-9-10-15(21)12-17(14)23-28(25,26)19-13-24(16-6-3-2-4-7-16)22-20(19)18-8-5-11-27-18/h2-13,23H,1H3. The molecule has 5 nitrogen and oxygen atoms in total. The molecule has 28 heavy (non-hydrogen) atoms. The van der Waals surface area contributed by atoms with Crippen LogP contribution in [0.3, 0.4) is 0 Å². The fraction of sp³-hybridized carbons (Fsp3) is 0.0500. The Kier molecular flexibility index (Phi) is 4.97. The zero-order chi connectivity index (χ0) is 19.7. The number of sulfonamides is 1. The molecule has 0 bridgehead atoms. The lowest BCUT2D eigenvalue weighted by Crippen LogP contribution is -2.14.